The van der Waals surface area contributed by atoms with E-state index in [2.05, 4.69) is 5.32 Å². The van der Waals surface area contributed by atoms with Crippen molar-refractivity contribution in [2.45, 2.75) is 19.3 Å². The van der Waals surface area contributed by atoms with E-state index < -0.39 is 5.97 Å². The summed E-state index contributed by atoms with van der Waals surface area (Å²) in [6, 6.07) is 15.8. The summed E-state index contributed by atoms with van der Waals surface area (Å²) in [6.45, 7) is 0.233. The van der Waals surface area contributed by atoms with Crippen molar-refractivity contribution in [2.24, 2.45) is 0 Å². The van der Waals surface area contributed by atoms with E-state index in [1.165, 1.54) is 16.2 Å². The highest BCUT2D eigenvalue weighted by Gasteiger charge is 2.34. The number of unbranched alkanes of at least 4 members (excludes halogenated alkanes) is 1. The lowest BCUT2D eigenvalue weighted by atomic mass is 10.0. The molecule has 2 N–H and O–H groups in total. The lowest BCUT2D eigenvalue weighted by Crippen LogP contribution is -2.30. The first-order chi connectivity index (χ1) is 15.5. The zero-order chi connectivity index (χ0) is 22.7. The number of carbonyl (C=O) groups is 4. The number of imide groups is 1. The van der Waals surface area contributed by atoms with Gasteiger partial charge in [0, 0.05) is 23.9 Å². The number of benzene rings is 2. The Balaban J connectivity index is 1.33. The van der Waals surface area contributed by atoms with Gasteiger partial charge in [0.1, 0.15) is 10.6 Å². The molecule has 1 aromatic heterocycles. The van der Waals surface area contributed by atoms with Crippen LogP contribution in [-0.2, 0) is 4.79 Å². The molecule has 3 amide bonds. The summed E-state index contributed by atoms with van der Waals surface area (Å²) in [5, 5.41) is 14.4. The molecule has 4 rings (SSSR count). The number of fused-ring (bicyclic) bond motifs is 1. The maximum Gasteiger partial charge on any atom is 0.339 e. The molecule has 0 bridgehead atoms. The van der Waals surface area contributed by atoms with Gasteiger partial charge in [0.25, 0.3) is 11.8 Å². The lowest BCUT2D eigenvalue weighted by molar-refractivity contribution is -0.116. The van der Waals surface area contributed by atoms with Crippen molar-refractivity contribution < 1.29 is 24.3 Å². The normalized spacial score (nSPS) is 12.7. The monoisotopic (exact) mass is 448 g/mol. The summed E-state index contributed by atoms with van der Waals surface area (Å²) in [4.78, 5) is 50.1. The second-order valence-electron chi connectivity index (χ2n) is 7.34. The first kappa shape index (κ1) is 21.5. The Hall–Kier alpha value is -3.78. The van der Waals surface area contributed by atoms with Crippen molar-refractivity contribution in [3.05, 3.63) is 76.7 Å². The predicted molar refractivity (Wildman–Crippen MR) is 121 cm³/mol. The summed E-state index contributed by atoms with van der Waals surface area (Å²) < 4.78 is 0. The van der Waals surface area contributed by atoms with Gasteiger partial charge >= 0.3 is 5.97 Å². The van der Waals surface area contributed by atoms with Gasteiger partial charge in [-0.3, -0.25) is 19.3 Å². The number of rotatable bonds is 8. The van der Waals surface area contributed by atoms with Gasteiger partial charge in [-0.1, -0.05) is 42.5 Å². The number of aromatic carboxylic acids is 1. The van der Waals surface area contributed by atoms with Crippen LogP contribution in [0.4, 0.5) is 5.00 Å². The molecule has 2 aromatic carbocycles. The minimum absolute atomic E-state index is 0.0700. The molecule has 0 unspecified atom stereocenters. The fourth-order valence-corrected chi connectivity index (χ4v) is 4.66. The first-order valence-corrected chi connectivity index (χ1v) is 11.0. The van der Waals surface area contributed by atoms with Crippen molar-refractivity contribution in [3.63, 3.8) is 0 Å². The quantitative estimate of drug-likeness (QED) is 0.390. The fraction of sp³-hybridized carbons (Fsp3) is 0.167. The van der Waals surface area contributed by atoms with Crippen LogP contribution in [0.15, 0.2) is 60.0 Å². The van der Waals surface area contributed by atoms with Crippen LogP contribution in [0.2, 0.25) is 0 Å². The van der Waals surface area contributed by atoms with Gasteiger partial charge in [-0.2, -0.15) is 0 Å². The van der Waals surface area contributed by atoms with Gasteiger partial charge in [-0.05, 0) is 30.5 Å². The van der Waals surface area contributed by atoms with Crippen LogP contribution < -0.4 is 5.32 Å². The van der Waals surface area contributed by atoms with E-state index in [1.54, 1.807) is 29.6 Å². The number of carbonyl (C=O) groups excluding carboxylic acids is 3. The number of thiophene rings is 1. The molecule has 8 heteroatoms. The lowest BCUT2D eigenvalue weighted by Gasteiger charge is -2.13. The molecule has 0 spiro atoms. The summed E-state index contributed by atoms with van der Waals surface area (Å²) in [7, 11) is 0. The van der Waals surface area contributed by atoms with Crippen LogP contribution in [-0.4, -0.2) is 40.2 Å². The average Bonchev–Trinajstić information content (AvgIpc) is 3.32. The third kappa shape index (κ3) is 4.17. The summed E-state index contributed by atoms with van der Waals surface area (Å²) >= 11 is 1.17. The molecule has 0 saturated heterocycles. The standard InChI is InChI=1S/C24H20N2O5S/c27-19(12-6-7-13-26-22(28)16-10-4-5-11-17(16)23(26)29)25-21-20(24(30)31)18(14-32-21)15-8-2-1-3-9-15/h1-5,8-11,14H,6-7,12-13H2,(H,25,27)(H,30,31). The van der Waals surface area contributed by atoms with Crippen molar-refractivity contribution >= 4 is 40.0 Å². The molecule has 32 heavy (non-hydrogen) atoms. The zero-order valence-electron chi connectivity index (χ0n) is 17.0. The van der Waals surface area contributed by atoms with E-state index in [9.17, 15) is 24.3 Å². The Morgan fingerprint density at radius 3 is 2.12 bits per heavy atom. The first-order valence-electron chi connectivity index (χ1n) is 10.1. The van der Waals surface area contributed by atoms with Crippen molar-refractivity contribution in [1.29, 1.82) is 0 Å². The van der Waals surface area contributed by atoms with Crippen molar-refractivity contribution in [1.82, 2.24) is 4.90 Å². The van der Waals surface area contributed by atoms with Gasteiger partial charge in [-0.15, -0.1) is 11.3 Å². The Kier molecular flexibility index (Phi) is 6.13. The Bertz CT molecular complexity index is 1170. The van der Waals surface area contributed by atoms with E-state index in [4.69, 9.17) is 0 Å². The zero-order valence-corrected chi connectivity index (χ0v) is 17.9. The highest BCUT2D eigenvalue weighted by molar-refractivity contribution is 7.15. The van der Waals surface area contributed by atoms with Crippen molar-refractivity contribution in [3.8, 4) is 11.1 Å². The topological polar surface area (TPSA) is 104 Å². The van der Waals surface area contributed by atoms with Crippen LogP contribution in [0.1, 0.15) is 50.3 Å². The second-order valence-corrected chi connectivity index (χ2v) is 8.22. The van der Waals surface area contributed by atoms with E-state index in [0.29, 0.717) is 34.5 Å². The van der Waals surface area contributed by atoms with Crippen molar-refractivity contribution in [2.75, 3.05) is 11.9 Å². The molecule has 3 aromatic rings. The maximum atomic E-state index is 12.4. The van der Waals surface area contributed by atoms with Crippen LogP contribution in [0.5, 0.6) is 0 Å². The third-order valence-corrected chi connectivity index (χ3v) is 6.15. The number of carboxylic acid groups (broad SMARTS) is 1. The van der Waals surface area contributed by atoms with E-state index in [0.717, 1.165) is 5.56 Å². The fourth-order valence-electron chi connectivity index (χ4n) is 3.68. The minimum atomic E-state index is -1.11. The summed E-state index contributed by atoms with van der Waals surface area (Å²) in [6.07, 6.45) is 1.09. The molecule has 2 heterocycles. The molecule has 0 radical (unpaired) electrons. The highest BCUT2D eigenvalue weighted by Crippen LogP contribution is 2.35. The second kappa shape index (κ2) is 9.15. The Morgan fingerprint density at radius 1 is 0.875 bits per heavy atom. The summed E-state index contributed by atoms with van der Waals surface area (Å²) in [5.74, 6) is -2.04. The third-order valence-electron chi connectivity index (χ3n) is 5.26. The molecule has 1 aliphatic heterocycles. The van der Waals surface area contributed by atoms with Gasteiger partial charge in [0.15, 0.2) is 0 Å². The predicted octanol–water partition coefficient (Wildman–Crippen LogP) is 4.52. The molecular formula is C24H20N2O5S. The maximum absolute atomic E-state index is 12.4. The van der Waals surface area contributed by atoms with Crippen LogP contribution in [0.3, 0.4) is 0 Å². The number of hydrogen-bond donors (Lipinski definition) is 2. The number of amides is 3. The number of hydrogen-bond acceptors (Lipinski definition) is 5. The molecular weight excluding hydrogens is 428 g/mol. The molecule has 0 aliphatic carbocycles. The SMILES string of the molecule is O=C(CCCCN1C(=O)c2ccccc2C1=O)Nc1scc(-c2ccccc2)c1C(=O)O. The van der Waals surface area contributed by atoms with Crippen LogP contribution >= 0.6 is 11.3 Å². The number of carboxylic acids is 1. The van der Waals surface area contributed by atoms with E-state index in [-0.39, 0.29) is 36.3 Å². The van der Waals surface area contributed by atoms with Gasteiger partial charge < -0.3 is 10.4 Å². The molecule has 0 fully saturated rings. The highest BCUT2D eigenvalue weighted by atomic mass is 32.1. The van der Waals surface area contributed by atoms with Gasteiger partial charge in [0.05, 0.1) is 11.1 Å². The van der Waals surface area contributed by atoms with E-state index >= 15 is 0 Å². The number of nitrogens with one attached hydrogen (secondary N) is 1. The summed E-state index contributed by atoms with van der Waals surface area (Å²) in [5.41, 5.74) is 2.21. The average molecular weight is 449 g/mol. The Morgan fingerprint density at radius 2 is 1.50 bits per heavy atom. The number of nitrogens with zero attached hydrogens (tertiary/aromatic N) is 1. The van der Waals surface area contributed by atoms with Gasteiger partial charge in [-0.25, -0.2) is 4.79 Å². The number of anilines is 1. The molecule has 1 aliphatic rings. The molecule has 0 saturated carbocycles. The van der Waals surface area contributed by atoms with Crippen LogP contribution in [0, 0.1) is 0 Å². The molecule has 7 nitrogen and oxygen atoms in total. The minimum Gasteiger partial charge on any atom is -0.478 e. The van der Waals surface area contributed by atoms with Gasteiger partial charge in [0.2, 0.25) is 5.91 Å². The molecule has 162 valence electrons. The van der Waals surface area contributed by atoms with Crippen LogP contribution in [0.25, 0.3) is 11.1 Å². The largest absolute Gasteiger partial charge is 0.478 e. The smallest absolute Gasteiger partial charge is 0.339 e. The van der Waals surface area contributed by atoms with E-state index in [1.807, 2.05) is 30.3 Å². The molecule has 0 atom stereocenters. The Labute approximate surface area is 188 Å².